The highest BCUT2D eigenvalue weighted by atomic mass is 16.7. The predicted molar refractivity (Wildman–Crippen MR) is 76.5 cm³/mol. The van der Waals surface area contributed by atoms with Crippen molar-refractivity contribution in [1.29, 1.82) is 0 Å². The monoisotopic (exact) mass is 252 g/mol. The zero-order valence-electron chi connectivity index (χ0n) is 12.6. The van der Waals surface area contributed by atoms with Crippen molar-refractivity contribution < 1.29 is 9.47 Å². The summed E-state index contributed by atoms with van der Waals surface area (Å²) in [5.74, 6) is 0. The van der Waals surface area contributed by atoms with E-state index in [9.17, 15) is 0 Å². The van der Waals surface area contributed by atoms with E-state index >= 15 is 0 Å². The van der Waals surface area contributed by atoms with E-state index in [1.807, 2.05) is 0 Å². The summed E-state index contributed by atoms with van der Waals surface area (Å²) in [5.41, 5.74) is 3.04. The first-order chi connectivity index (χ1) is 8.38. The van der Waals surface area contributed by atoms with Crippen LogP contribution in [0, 0.1) is 5.41 Å². The molecule has 104 valence electrons. The summed E-state index contributed by atoms with van der Waals surface area (Å²) in [4.78, 5) is 0. The molecule has 0 aromatic heterocycles. The molecule has 0 radical (unpaired) electrons. The van der Waals surface area contributed by atoms with Crippen LogP contribution < -0.4 is 0 Å². The summed E-state index contributed by atoms with van der Waals surface area (Å²) in [6.45, 7) is 12.6. The number of ether oxygens (including phenoxy) is 2. The van der Waals surface area contributed by atoms with E-state index in [1.54, 1.807) is 0 Å². The molecule has 0 spiro atoms. The lowest BCUT2D eigenvalue weighted by molar-refractivity contribution is -0.00203. The van der Waals surface area contributed by atoms with Gasteiger partial charge >= 0.3 is 0 Å². The second-order valence-corrected chi connectivity index (χ2v) is 6.30. The van der Waals surface area contributed by atoms with E-state index in [0.717, 1.165) is 6.42 Å². The molecule has 1 heterocycles. The number of allylic oxidation sites excluding steroid dienone is 3. The van der Waals surface area contributed by atoms with Gasteiger partial charge in [0, 0.05) is 0 Å². The molecule has 18 heavy (non-hydrogen) atoms. The Morgan fingerprint density at radius 2 is 1.72 bits per heavy atom. The van der Waals surface area contributed by atoms with Crippen molar-refractivity contribution >= 4 is 0 Å². The van der Waals surface area contributed by atoms with Crippen LogP contribution in [-0.4, -0.2) is 19.5 Å². The molecular formula is C16H28O2. The van der Waals surface area contributed by atoms with Crippen LogP contribution in [0.25, 0.3) is 0 Å². The largest absolute Gasteiger partial charge is 0.347 e. The molecule has 1 aliphatic heterocycles. The average Bonchev–Trinajstić information content (AvgIpc) is 2.75. The first-order valence-corrected chi connectivity index (χ1v) is 6.97. The third-order valence-electron chi connectivity index (χ3n) is 3.24. The first-order valence-electron chi connectivity index (χ1n) is 6.97. The molecule has 2 nitrogen and oxygen atoms in total. The fourth-order valence-corrected chi connectivity index (χ4v) is 1.92. The molecule has 0 aromatic carbocycles. The number of hydrogen-bond donors (Lipinski definition) is 0. The summed E-state index contributed by atoms with van der Waals surface area (Å²) in [5, 5.41) is 0. The van der Waals surface area contributed by atoms with Gasteiger partial charge in [-0.05, 0) is 50.2 Å². The van der Waals surface area contributed by atoms with Gasteiger partial charge < -0.3 is 9.47 Å². The van der Waals surface area contributed by atoms with Gasteiger partial charge in [-0.2, -0.15) is 0 Å². The van der Waals surface area contributed by atoms with Crippen LogP contribution in [0.3, 0.4) is 0 Å². The Hall–Kier alpha value is -0.600. The summed E-state index contributed by atoms with van der Waals surface area (Å²) in [6, 6.07) is 0. The van der Waals surface area contributed by atoms with Crippen LogP contribution in [0.15, 0.2) is 23.3 Å². The molecule has 0 aliphatic carbocycles. The smallest absolute Gasteiger partial charge is 0.177 e. The molecule has 1 aliphatic rings. The van der Waals surface area contributed by atoms with Crippen molar-refractivity contribution in [3.8, 4) is 0 Å². The number of hydrogen-bond acceptors (Lipinski definition) is 2. The average molecular weight is 252 g/mol. The Morgan fingerprint density at radius 1 is 1.11 bits per heavy atom. The second kappa shape index (κ2) is 7.10. The zero-order valence-corrected chi connectivity index (χ0v) is 12.6. The molecule has 0 saturated carbocycles. The summed E-state index contributed by atoms with van der Waals surface area (Å²) < 4.78 is 10.8. The summed E-state index contributed by atoms with van der Waals surface area (Å²) >= 11 is 0. The maximum Gasteiger partial charge on any atom is 0.177 e. The zero-order chi connectivity index (χ0) is 13.6. The Balaban J connectivity index is 2.35. The van der Waals surface area contributed by atoms with E-state index in [2.05, 4.69) is 46.8 Å². The number of rotatable bonds is 5. The van der Waals surface area contributed by atoms with Gasteiger partial charge in [0.1, 0.15) is 0 Å². The van der Waals surface area contributed by atoms with Crippen molar-refractivity contribution in [2.75, 3.05) is 13.2 Å². The maximum atomic E-state index is 5.42. The third-order valence-corrected chi connectivity index (χ3v) is 3.24. The van der Waals surface area contributed by atoms with Crippen LogP contribution in [0.4, 0.5) is 0 Å². The molecule has 0 unspecified atom stereocenters. The molecule has 2 heteroatoms. The Kier molecular flexibility index (Phi) is 6.10. The normalized spacial score (nSPS) is 19.6. The van der Waals surface area contributed by atoms with Crippen LogP contribution in [0.1, 0.15) is 53.9 Å². The molecule has 1 saturated heterocycles. The summed E-state index contributed by atoms with van der Waals surface area (Å²) in [7, 11) is 0. The topological polar surface area (TPSA) is 18.5 Å². The van der Waals surface area contributed by atoms with Crippen LogP contribution in [0.5, 0.6) is 0 Å². The van der Waals surface area contributed by atoms with Crippen molar-refractivity contribution in [3.63, 3.8) is 0 Å². The maximum absolute atomic E-state index is 5.42. The van der Waals surface area contributed by atoms with Crippen LogP contribution in [-0.2, 0) is 9.47 Å². The van der Waals surface area contributed by atoms with E-state index in [4.69, 9.17) is 9.47 Å². The van der Waals surface area contributed by atoms with Gasteiger partial charge in [-0.25, -0.2) is 0 Å². The minimum Gasteiger partial charge on any atom is -0.347 e. The first kappa shape index (κ1) is 15.5. The fourth-order valence-electron chi connectivity index (χ4n) is 1.92. The molecule has 0 aromatic rings. The Bertz CT molecular complexity index is 302. The molecule has 0 N–H and O–H groups in total. The van der Waals surface area contributed by atoms with E-state index < -0.39 is 0 Å². The molecule has 1 rings (SSSR count). The quantitative estimate of drug-likeness (QED) is 0.531. The van der Waals surface area contributed by atoms with E-state index in [0.29, 0.717) is 18.6 Å². The lowest BCUT2D eigenvalue weighted by atomic mass is 9.89. The molecule has 0 amide bonds. The molecule has 1 fully saturated rings. The molecule has 0 bridgehead atoms. The van der Waals surface area contributed by atoms with Gasteiger partial charge in [0.2, 0.25) is 0 Å². The van der Waals surface area contributed by atoms with Gasteiger partial charge in [-0.3, -0.25) is 0 Å². The van der Waals surface area contributed by atoms with Crippen molar-refractivity contribution in [2.24, 2.45) is 5.41 Å². The summed E-state index contributed by atoms with van der Waals surface area (Å²) in [6.07, 6.45) is 7.94. The molecule has 0 atom stereocenters. The van der Waals surface area contributed by atoms with Gasteiger partial charge in [0.25, 0.3) is 0 Å². The Morgan fingerprint density at radius 3 is 2.28 bits per heavy atom. The number of unbranched alkanes of at least 4 members (excludes halogenated alkanes) is 1. The van der Waals surface area contributed by atoms with Gasteiger partial charge in [-0.1, -0.05) is 32.4 Å². The highest BCUT2D eigenvalue weighted by molar-refractivity contribution is 5.27. The Labute approximate surface area is 112 Å². The van der Waals surface area contributed by atoms with Crippen molar-refractivity contribution in [1.82, 2.24) is 0 Å². The minimum absolute atomic E-state index is 0.136. The fraction of sp³-hybridized carbons (Fsp3) is 0.750. The predicted octanol–water partition coefficient (Wildman–Crippen LogP) is 4.47. The lowest BCUT2D eigenvalue weighted by Gasteiger charge is -2.17. The van der Waals surface area contributed by atoms with E-state index in [1.165, 1.54) is 24.0 Å². The van der Waals surface area contributed by atoms with Gasteiger partial charge in [0.15, 0.2) is 6.29 Å². The van der Waals surface area contributed by atoms with Crippen molar-refractivity contribution in [3.05, 3.63) is 23.3 Å². The highest BCUT2D eigenvalue weighted by Gasteiger charge is 2.13. The van der Waals surface area contributed by atoms with Gasteiger partial charge in [0.05, 0.1) is 13.2 Å². The lowest BCUT2D eigenvalue weighted by Crippen LogP contribution is -2.04. The van der Waals surface area contributed by atoms with Crippen LogP contribution >= 0.6 is 0 Å². The van der Waals surface area contributed by atoms with E-state index in [-0.39, 0.29) is 6.29 Å². The van der Waals surface area contributed by atoms with Gasteiger partial charge in [-0.15, -0.1) is 0 Å². The van der Waals surface area contributed by atoms with Crippen molar-refractivity contribution in [2.45, 2.75) is 60.2 Å². The standard InChI is InChI=1S/C16H28O2/c1-13(8-6-7-9-16(3,4)5)14(2)12-15-17-10-11-18-15/h8,12,15H,6-7,9-11H2,1-5H3/b13-8+,14-12+. The third kappa shape index (κ3) is 6.36. The highest BCUT2D eigenvalue weighted by Crippen LogP contribution is 2.22. The molecular weight excluding hydrogens is 224 g/mol. The second-order valence-electron chi connectivity index (χ2n) is 6.30. The SMILES string of the molecule is CC(=C\CCCC(C)(C)C)/C(C)=C/C1OCCO1. The minimum atomic E-state index is -0.136. The van der Waals surface area contributed by atoms with Crippen LogP contribution in [0.2, 0.25) is 0 Å².